The summed E-state index contributed by atoms with van der Waals surface area (Å²) in [4.78, 5) is 11.7. The van der Waals surface area contributed by atoms with Crippen molar-refractivity contribution in [3.8, 4) is 0 Å². The third kappa shape index (κ3) is 1.21. The largest absolute Gasteiger partial charge is 0.288 e. The van der Waals surface area contributed by atoms with Gasteiger partial charge >= 0.3 is 0 Å². The summed E-state index contributed by atoms with van der Waals surface area (Å²) in [6.45, 7) is 4.63. The minimum Gasteiger partial charge on any atom is -0.288 e. The molecule has 0 saturated heterocycles. The fraction of sp³-hybridized carbons (Fsp3) is 0.273. The van der Waals surface area contributed by atoms with E-state index in [9.17, 15) is 4.79 Å². The summed E-state index contributed by atoms with van der Waals surface area (Å²) in [5, 5.41) is 5.26. The van der Waals surface area contributed by atoms with Gasteiger partial charge in [0, 0.05) is 11.9 Å². The molecule has 0 aliphatic heterocycles. The van der Waals surface area contributed by atoms with Crippen LogP contribution in [0.3, 0.4) is 0 Å². The van der Waals surface area contributed by atoms with Gasteiger partial charge in [-0.1, -0.05) is 18.2 Å². The van der Waals surface area contributed by atoms with Gasteiger partial charge < -0.3 is 0 Å². The predicted octanol–water partition coefficient (Wildman–Crippen LogP) is 1.72. The quantitative estimate of drug-likeness (QED) is 0.683. The van der Waals surface area contributed by atoms with Gasteiger partial charge in [-0.3, -0.25) is 9.48 Å². The zero-order valence-corrected chi connectivity index (χ0v) is 8.32. The second kappa shape index (κ2) is 3.25. The van der Waals surface area contributed by atoms with Crippen molar-refractivity contribution in [2.24, 2.45) is 0 Å². The first kappa shape index (κ1) is 8.94. The van der Waals surface area contributed by atoms with Crippen molar-refractivity contribution in [3.05, 3.63) is 40.2 Å². The topological polar surface area (TPSA) is 34.9 Å². The van der Waals surface area contributed by atoms with Crippen LogP contribution in [0.1, 0.15) is 12.6 Å². The summed E-state index contributed by atoms with van der Waals surface area (Å²) < 4.78 is 1.76. The van der Waals surface area contributed by atoms with Gasteiger partial charge in [0.1, 0.15) is 5.52 Å². The lowest BCUT2D eigenvalue weighted by Gasteiger charge is -1.93. The third-order valence-electron chi connectivity index (χ3n) is 2.33. The van der Waals surface area contributed by atoms with Crippen molar-refractivity contribution in [2.45, 2.75) is 20.4 Å². The molecule has 0 radical (unpaired) electrons. The van der Waals surface area contributed by atoms with Crippen LogP contribution in [0.2, 0.25) is 0 Å². The molecule has 2 aromatic rings. The number of fused-ring (bicyclic) bond motifs is 1. The Morgan fingerprint density at radius 1 is 1.36 bits per heavy atom. The fourth-order valence-corrected chi connectivity index (χ4v) is 1.66. The van der Waals surface area contributed by atoms with Crippen molar-refractivity contribution in [1.82, 2.24) is 9.78 Å². The normalized spacial score (nSPS) is 10.7. The van der Waals surface area contributed by atoms with Gasteiger partial charge in [-0.25, -0.2) is 0 Å². The second-order valence-electron chi connectivity index (χ2n) is 3.25. The van der Waals surface area contributed by atoms with Crippen molar-refractivity contribution >= 4 is 10.9 Å². The molecule has 0 N–H and O–H groups in total. The molecule has 3 nitrogen and oxygen atoms in total. The zero-order valence-electron chi connectivity index (χ0n) is 8.32. The lowest BCUT2D eigenvalue weighted by atomic mass is 10.3. The van der Waals surface area contributed by atoms with Crippen molar-refractivity contribution in [1.29, 1.82) is 0 Å². The molecular formula is C11H12N2O. The molecule has 0 aliphatic carbocycles. The number of hydrogen-bond acceptors (Lipinski definition) is 2. The molecule has 0 saturated carbocycles. The summed E-state index contributed by atoms with van der Waals surface area (Å²) in [6, 6.07) is 7.15. The van der Waals surface area contributed by atoms with Crippen LogP contribution in [-0.4, -0.2) is 9.78 Å². The first-order chi connectivity index (χ1) is 6.74. The van der Waals surface area contributed by atoms with Crippen LogP contribution in [0.4, 0.5) is 0 Å². The Hall–Kier alpha value is -1.64. The molecule has 0 bridgehead atoms. The van der Waals surface area contributed by atoms with Gasteiger partial charge in [-0.15, -0.1) is 0 Å². The molecule has 14 heavy (non-hydrogen) atoms. The Labute approximate surface area is 82.0 Å². The Morgan fingerprint density at radius 3 is 2.79 bits per heavy atom. The van der Waals surface area contributed by atoms with Crippen molar-refractivity contribution in [2.75, 3.05) is 0 Å². The molecule has 1 aromatic heterocycles. The molecule has 0 spiro atoms. The standard InChI is InChI=1S/C11H12N2O/c1-3-13-11-9(8(2)12-13)6-4-5-7-10(11)14/h4-7H,3H2,1-2H3. The highest BCUT2D eigenvalue weighted by Gasteiger charge is 2.06. The average molecular weight is 188 g/mol. The van der Waals surface area contributed by atoms with Crippen LogP contribution < -0.4 is 5.43 Å². The minimum atomic E-state index is 0.0347. The van der Waals surface area contributed by atoms with E-state index >= 15 is 0 Å². The number of nitrogens with zero attached hydrogens (tertiary/aromatic N) is 2. The lowest BCUT2D eigenvalue weighted by Crippen LogP contribution is -2.05. The van der Waals surface area contributed by atoms with Crippen molar-refractivity contribution in [3.63, 3.8) is 0 Å². The monoisotopic (exact) mass is 188 g/mol. The van der Waals surface area contributed by atoms with Crippen LogP contribution in [0.25, 0.3) is 10.9 Å². The van der Waals surface area contributed by atoms with Gasteiger partial charge in [0.2, 0.25) is 5.43 Å². The minimum absolute atomic E-state index is 0.0347. The zero-order chi connectivity index (χ0) is 10.1. The van der Waals surface area contributed by atoms with Crippen LogP contribution in [-0.2, 0) is 6.54 Å². The van der Waals surface area contributed by atoms with Gasteiger partial charge in [-0.2, -0.15) is 5.10 Å². The Bertz CT molecular complexity index is 528. The van der Waals surface area contributed by atoms with Gasteiger partial charge in [-0.05, 0) is 19.9 Å². The second-order valence-corrected chi connectivity index (χ2v) is 3.25. The summed E-state index contributed by atoms with van der Waals surface area (Å²) in [6.07, 6.45) is 0. The molecule has 3 heteroatoms. The lowest BCUT2D eigenvalue weighted by molar-refractivity contribution is 0.675. The van der Waals surface area contributed by atoms with Crippen LogP contribution >= 0.6 is 0 Å². The van der Waals surface area contributed by atoms with E-state index in [2.05, 4.69) is 5.10 Å². The van der Waals surface area contributed by atoms with Crippen LogP contribution in [0.15, 0.2) is 29.1 Å². The fourth-order valence-electron chi connectivity index (χ4n) is 1.66. The number of hydrogen-bond donors (Lipinski definition) is 0. The van der Waals surface area contributed by atoms with Crippen LogP contribution in [0.5, 0.6) is 0 Å². The molecule has 1 aromatic carbocycles. The summed E-state index contributed by atoms with van der Waals surface area (Å²) in [5.41, 5.74) is 1.65. The Kier molecular flexibility index (Phi) is 2.08. The average Bonchev–Trinajstić information content (AvgIpc) is 2.36. The number of aryl methyl sites for hydroxylation is 2. The summed E-state index contributed by atoms with van der Waals surface area (Å²) in [5.74, 6) is 0. The molecule has 0 aliphatic rings. The van der Waals surface area contributed by atoms with E-state index in [0.717, 1.165) is 17.6 Å². The SMILES string of the molecule is CCn1nc(C)c2ccccc(=O)c21. The van der Waals surface area contributed by atoms with Gasteiger partial charge in [0.05, 0.1) is 5.69 Å². The van der Waals surface area contributed by atoms with E-state index in [0.29, 0.717) is 5.52 Å². The molecule has 72 valence electrons. The highest BCUT2D eigenvalue weighted by molar-refractivity contribution is 5.80. The van der Waals surface area contributed by atoms with Gasteiger partial charge in [0.25, 0.3) is 0 Å². The first-order valence-electron chi connectivity index (χ1n) is 4.70. The Morgan fingerprint density at radius 2 is 2.07 bits per heavy atom. The van der Waals surface area contributed by atoms with E-state index in [4.69, 9.17) is 0 Å². The maximum Gasteiger partial charge on any atom is 0.204 e. The van der Waals surface area contributed by atoms with Crippen LogP contribution in [0, 0.1) is 6.92 Å². The predicted molar refractivity (Wildman–Crippen MR) is 56.4 cm³/mol. The molecule has 0 atom stereocenters. The molecular weight excluding hydrogens is 176 g/mol. The van der Waals surface area contributed by atoms with E-state index in [1.54, 1.807) is 16.8 Å². The number of aromatic nitrogens is 2. The van der Waals surface area contributed by atoms with Gasteiger partial charge in [0.15, 0.2) is 0 Å². The van der Waals surface area contributed by atoms with Crippen molar-refractivity contribution < 1.29 is 0 Å². The molecule has 0 amide bonds. The highest BCUT2D eigenvalue weighted by Crippen LogP contribution is 2.12. The molecule has 2 rings (SSSR count). The molecule has 0 unspecified atom stereocenters. The van der Waals surface area contributed by atoms with E-state index in [-0.39, 0.29) is 5.43 Å². The third-order valence-corrected chi connectivity index (χ3v) is 2.33. The number of rotatable bonds is 1. The first-order valence-corrected chi connectivity index (χ1v) is 4.70. The van der Waals surface area contributed by atoms with E-state index in [1.165, 1.54) is 0 Å². The molecule has 1 heterocycles. The smallest absolute Gasteiger partial charge is 0.204 e. The summed E-state index contributed by atoms with van der Waals surface area (Å²) in [7, 11) is 0. The maximum atomic E-state index is 11.7. The summed E-state index contributed by atoms with van der Waals surface area (Å²) >= 11 is 0. The van der Waals surface area contributed by atoms with E-state index in [1.807, 2.05) is 26.0 Å². The van der Waals surface area contributed by atoms with E-state index < -0.39 is 0 Å². The maximum absolute atomic E-state index is 11.7. The highest BCUT2D eigenvalue weighted by atomic mass is 16.1. The Balaban J connectivity index is 3.02. The molecule has 0 fully saturated rings.